The van der Waals surface area contributed by atoms with Gasteiger partial charge in [0.05, 0.1) is 11.4 Å². The molecule has 4 heteroatoms. The number of nitrogens with two attached hydrogens (primary N) is 1. The molecular formula is C13H23N3S. The molecule has 0 aliphatic heterocycles. The van der Waals surface area contributed by atoms with Crippen molar-refractivity contribution >= 4 is 23.3 Å². The lowest BCUT2D eigenvalue weighted by Gasteiger charge is -2.07. The average Bonchev–Trinajstić information content (AvgIpc) is 2.32. The smallest absolute Gasteiger partial charge is 0.126 e. The Hall–Kier alpha value is -0.900. The van der Waals surface area contributed by atoms with Crippen LogP contribution in [0.15, 0.2) is 12.1 Å². The Kier molecular flexibility index (Phi) is 6.86. The van der Waals surface area contributed by atoms with Crippen LogP contribution in [0, 0.1) is 6.92 Å². The second-order valence-electron chi connectivity index (χ2n) is 4.20. The van der Waals surface area contributed by atoms with Gasteiger partial charge < -0.3 is 11.1 Å². The summed E-state index contributed by atoms with van der Waals surface area (Å²) in [4.78, 5) is 4.38. The standard InChI is InChI=1S/C13H23N3S/c1-11-12(14)7-8-13(16-11)15-9-5-3-4-6-10-17-2/h7-8H,3-6,9-10,14H2,1-2H3,(H,15,16). The predicted octanol–water partition coefficient (Wildman–Crippen LogP) is 3.31. The monoisotopic (exact) mass is 253 g/mol. The fraction of sp³-hybridized carbons (Fsp3) is 0.615. The number of rotatable bonds is 8. The lowest BCUT2D eigenvalue weighted by molar-refractivity contribution is 0.688. The summed E-state index contributed by atoms with van der Waals surface area (Å²) in [6.45, 7) is 2.93. The Morgan fingerprint density at radius 2 is 2.00 bits per heavy atom. The molecule has 1 aromatic rings. The van der Waals surface area contributed by atoms with E-state index in [1.807, 2.05) is 30.8 Å². The van der Waals surface area contributed by atoms with Crippen LogP contribution in [-0.4, -0.2) is 23.5 Å². The van der Waals surface area contributed by atoms with Crippen LogP contribution in [0.1, 0.15) is 31.4 Å². The third kappa shape index (κ3) is 5.82. The van der Waals surface area contributed by atoms with Crippen LogP contribution in [0.5, 0.6) is 0 Å². The van der Waals surface area contributed by atoms with Gasteiger partial charge >= 0.3 is 0 Å². The molecule has 1 aromatic heterocycles. The van der Waals surface area contributed by atoms with Crippen molar-refractivity contribution in [1.82, 2.24) is 4.98 Å². The lowest BCUT2D eigenvalue weighted by atomic mass is 10.2. The summed E-state index contributed by atoms with van der Waals surface area (Å²) < 4.78 is 0. The van der Waals surface area contributed by atoms with E-state index in [1.54, 1.807) is 0 Å². The van der Waals surface area contributed by atoms with Gasteiger partial charge in [0.15, 0.2) is 0 Å². The summed E-state index contributed by atoms with van der Waals surface area (Å²) in [5.41, 5.74) is 7.37. The van der Waals surface area contributed by atoms with E-state index in [0.29, 0.717) is 0 Å². The normalized spacial score (nSPS) is 10.5. The van der Waals surface area contributed by atoms with Gasteiger partial charge in [-0.1, -0.05) is 12.8 Å². The van der Waals surface area contributed by atoms with Crippen molar-refractivity contribution in [3.63, 3.8) is 0 Å². The highest BCUT2D eigenvalue weighted by Gasteiger charge is 1.97. The summed E-state index contributed by atoms with van der Waals surface area (Å²) in [6, 6.07) is 3.85. The van der Waals surface area contributed by atoms with E-state index in [0.717, 1.165) is 23.7 Å². The van der Waals surface area contributed by atoms with E-state index in [2.05, 4.69) is 16.6 Å². The minimum absolute atomic E-state index is 0.757. The highest BCUT2D eigenvalue weighted by molar-refractivity contribution is 7.98. The lowest BCUT2D eigenvalue weighted by Crippen LogP contribution is -2.04. The highest BCUT2D eigenvalue weighted by atomic mass is 32.2. The minimum Gasteiger partial charge on any atom is -0.397 e. The van der Waals surface area contributed by atoms with Crippen molar-refractivity contribution in [2.24, 2.45) is 0 Å². The summed E-state index contributed by atoms with van der Waals surface area (Å²) in [5, 5.41) is 3.33. The Bertz CT molecular complexity index is 328. The summed E-state index contributed by atoms with van der Waals surface area (Å²) in [5.74, 6) is 2.22. The topological polar surface area (TPSA) is 50.9 Å². The predicted molar refractivity (Wildman–Crippen MR) is 78.7 cm³/mol. The van der Waals surface area contributed by atoms with E-state index in [9.17, 15) is 0 Å². The van der Waals surface area contributed by atoms with Crippen molar-refractivity contribution in [2.75, 3.05) is 29.6 Å². The molecule has 0 bridgehead atoms. The number of nitrogen functional groups attached to an aromatic ring is 1. The maximum Gasteiger partial charge on any atom is 0.126 e. The molecule has 1 heterocycles. The molecule has 0 fully saturated rings. The van der Waals surface area contributed by atoms with Crippen LogP contribution in [0.2, 0.25) is 0 Å². The maximum atomic E-state index is 5.72. The number of nitrogens with zero attached hydrogens (tertiary/aromatic N) is 1. The minimum atomic E-state index is 0.757. The molecule has 0 atom stereocenters. The molecule has 3 N–H and O–H groups in total. The molecule has 0 aliphatic rings. The van der Waals surface area contributed by atoms with Crippen LogP contribution in [0.4, 0.5) is 11.5 Å². The number of unbranched alkanes of at least 4 members (excludes halogenated alkanes) is 3. The molecule has 0 saturated carbocycles. The van der Waals surface area contributed by atoms with Crippen LogP contribution in [0.3, 0.4) is 0 Å². The first-order chi connectivity index (χ1) is 8.24. The molecule has 0 unspecified atom stereocenters. The zero-order valence-corrected chi connectivity index (χ0v) is 11.6. The van der Waals surface area contributed by atoms with Gasteiger partial charge in [-0.2, -0.15) is 11.8 Å². The van der Waals surface area contributed by atoms with Gasteiger partial charge in [-0.25, -0.2) is 4.98 Å². The SMILES string of the molecule is CSCCCCCCNc1ccc(N)c(C)n1. The second-order valence-corrected chi connectivity index (χ2v) is 5.19. The molecule has 17 heavy (non-hydrogen) atoms. The third-order valence-corrected chi connectivity index (χ3v) is 3.40. The summed E-state index contributed by atoms with van der Waals surface area (Å²) in [7, 11) is 0. The molecular weight excluding hydrogens is 230 g/mol. The van der Waals surface area contributed by atoms with Gasteiger partial charge in [0.1, 0.15) is 5.82 Å². The van der Waals surface area contributed by atoms with Crippen LogP contribution < -0.4 is 11.1 Å². The van der Waals surface area contributed by atoms with Gasteiger partial charge in [-0.3, -0.25) is 0 Å². The molecule has 0 amide bonds. The summed E-state index contributed by atoms with van der Waals surface area (Å²) >= 11 is 1.93. The molecule has 1 rings (SSSR count). The number of thioether (sulfide) groups is 1. The number of pyridine rings is 1. The second kappa shape index (κ2) is 8.23. The van der Waals surface area contributed by atoms with Crippen molar-refractivity contribution in [3.05, 3.63) is 17.8 Å². The fourth-order valence-electron chi connectivity index (χ4n) is 1.61. The van der Waals surface area contributed by atoms with Gasteiger partial charge in [0, 0.05) is 6.54 Å². The number of aromatic nitrogens is 1. The van der Waals surface area contributed by atoms with Crippen molar-refractivity contribution < 1.29 is 0 Å². The van der Waals surface area contributed by atoms with E-state index in [-0.39, 0.29) is 0 Å². The number of hydrogen-bond acceptors (Lipinski definition) is 4. The number of nitrogens with one attached hydrogen (secondary N) is 1. The van der Waals surface area contributed by atoms with Gasteiger partial charge in [0.2, 0.25) is 0 Å². The van der Waals surface area contributed by atoms with Crippen LogP contribution in [-0.2, 0) is 0 Å². The van der Waals surface area contributed by atoms with E-state index in [4.69, 9.17) is 5.73 Å². The third-order valence-electron chi connectivity index (χ3n) is 2.71. The Morgan fingerprint density at radius 1 is 1.24 bits per heavy atom. The quantitative estimate of drug-likeness (QED) is 0.698. The summed E-state index contributed by atoms with van der Waals surface area (Å²) in [6.07, 6.45) is 7.33. The first-order valence-corrected chi connectivity index (χ1v) is 7.59. The average molecular weight is 253 g/mol. The van der Waals surface area contributed by atoms with E-state index in [1.165, 1.54) is 31.4 Å². The number of hydrogen-bond donors (Lipinski definition) is 2. The molecule has 0 aromatic carbocycles. The Balaban J connectivity index is 2.11. The highest BCUT2D eigenvalue weighted by Crippen LogP contribution is 2.12. The van der Waals surface area contributed by atoms with Crippen molar-refractivity contribution in [3.8, 4) is 0 Å². The van der Waals surface area contributed by atoms with Crippen molar-refractivity contribution in [2.45, 2.75) is 32.6 Å². The molecule has 96 valence electrons. The van der Waals surface area contributed by atoms with Crippen LogP contribution >= 0.6 is 11.8 Å². The van der Waals surface area contributed by atoms with E-state index < -0.39 is 0 Å². The Morgan fingerprint density at radius 3 is 2.71 bits per heavy atom. The number of anilines is 2. The maximum absolute atomic E-state index is 5.72. The Labute approximate surface area is 109 Å². The largest absolute Gasteiger partial charge is 0.397 e. The molecule has 0 radical (unpaired) electrons. The molecule has 3 nitrogen and oxygen atoms in total. The zero-order chi connectivity index (χ0) is 12.5. The molecule has 0 aliphatic carbocycles. The van der Waals surface area contributed by atoms with Gasteiger partial charge in [-0.05, 0) is 43.9 Å². The van der Waals surface area contributed by atoms with Crippen molar-refractivity contribution in [1.29, 1.82) is 0 Å². The van der Waals surface area contributed by atoms with Gasteiger partial charge in [-0.15, -0.1) is 0 Å². The molecule has 0 spiro atoms. The number of aryl methyl sites for hydroxylation is 1. The van der Waals surface area contributed by atoms with Gasteiger partial charge in [0.25, 0.3) is 0 Å². The van der Waals surface area contributed by atoms with E-state index >= 15 is 0 Å². The first-order valence-electron chi connectivity index (χ1n) is 6.20. The first kappa shape index (κ1) is 14.2. The molecule has 0 saturated heterocycles. The van der Waals surface area contributed by atoms with Crippen LogP contribution in [0.25, 0.3) is 0 Å². The zero-order valence-electron chi connectivity index (χ0n) is 10.8. The fourth-order valence-corrected chi connectivity index (χ4v) is 2.10.